The van der Waals surface area contributed by atoms with Gasteiger partial charge in [-0.1, -0.05) is 32.0 Å². The number of aromatic nitrogens is 2. The van der Waals surface area contributed by atoms with Crippen LogP contribution in [0.3, 0.4) is 0 Å². The summed E-state index contributed by atoms with van der Waals surface area (Å²) in [6, 6.07) is 9.35. The van der Waals surface area contributed by atoms with Crippen molar-refractivity contribution in [3.05, 3.63) is 64.2 Å². The lowest BCUT2D eigenvalue weighted by atomic mass is 9.65. The summed E-state index contributed by atoms with van der Waals surface area (Å²) in [6.45, 7) is 11.5. The third kappa shape index (κ3) is 7.46. The van der Waals surface area contributed by atoms with Crippen molar-refractivity contribution in [2.45, 2.75) is 71.3 Å². The molecule has 1 aliphatic rings. The fourth-order valence-corrected chi connectivity index (χ4v) is 6.43. The molecule has 1 aliphatic carbocycles. The van der Waals surface area contributed by atoms with Gasteiger partial charge < -0.3 is 24.8 Å². The van der Waals surface area contributed by atoms with E-state index in [0.29, 0.717) is 25.8 Å². The molecule has 2 aromatic carbocycles. The first-order valence-electron chi connectivity index (χ1n) is 15.0. The second-order valence-corrected chi connectivity index (χ2v) is 12.5. The Balaban J connectivity index is 1.45. The van der Waals surface area contributed by atoms with Crippen LogP contribution >= 0.6 is 0 Å². The van der Waals surface area contributed by atoms with Gasteiger partial charge in [-0.3, -0.25) is 0 Å². The van der Waals surface area contributed by atoms with Crippen molar-refractivity contribution in [1.82, 2.24) is 25.1 Å². The number of likely N-dealkylation sites (N-methyl/N-ethyl adjacent to an activating group) is 1. The van der Waals surface area contributed by atoms with Crippen LogP contribution in [0.4, 0.5) is 9.18 Å². The zero-order valence-electron chi connectivity index (χ0n) is 25.9. The molecule has 4 rings (SSSR count). The largest absolute Gasteiger partial charge is 0.442 e. The number of alkyl carbamates (subject to hydrolysis) is 1. The Kier molecular flexibility index (Phi) is 10.1. The highest BCUT2D eigenvalue weighted by atomic mass is 19.1. The maximum atomic E-state index is 14.1. The first-order valence-corrected chi connectivity index (χ1v) is 15.0. The molecule has 1 heterocycles. The minimum atomic E-state index is -0.663. The van der Waals surface area contributed by atoms with Crippen LogP contribution in [0.1, 0.15) is 67.1 Å². The number of ether oxygens (including phenoxy) is 1. The summed E-state index contributed by atoms with van der Waals surface area (Å²) in [5.74, 6) is 1.02. The Morgan fingerprint density at radius 3 is 2.61 bits per heavy atom. The van der Waals surface area contributed by atoms with E-state index in [2.05, 4.69) is 62.1 Å². The predicted molar refractivity (Wildman–Crippen MR) is 164 cm³/mol. The standard InChI is InChI=1S/C33H48FN5O2/c1-22(2)29-27-13-12-26(34)21-25(27)14-15-33(29,41-32(40)35-17-20-38(5)6)16-19-39(7)18-8-9-28-36-30-23(3)10-11-24(4)31(30)37-28/h10-13,21-22,29H,8-9,14-20H2,1-7H3,(H,35,40)(H,36,37)/t29?,33-/m0/s1. The second kappa shape index (κ2) is 13.3. The van der Waals surface area contributed by atoms with Crippen LogP contribution in [-0.4, -0.2) is 78.8 Å². The molecule has 2 N–H and O–H groups in total. The molecular weight excluding hydrogens is 517 g/mol. The average Bonchev–Trinajstić information content (AvgIpc) is 3.35. The van der Waals surface area contributed by atoms with Gasteiger partial charge in [-0.05, 0) is 101 Å². The van der Waals surface area contributed by atoms with E-state index in [-0.39, 0.29) is 23.7 Å². The van der Waals surface area contributed by atoms with E-state index in [1.165, 1.54) is 17.2 Å². The monoisotopic (exact) mass is 565 g/mol. The first-order chi connectivity index (χ1) is 19.5. The van der Waals surface area contributed by atoms with Gasteiger partial charge in [0.15, 0.2) is 0 Å². The Labute approximate surface area is 244 Å². The fourth-order valence-electron chi connectivity index (χ4n) is 6.43. The number of carbonyl (C=O) groups excluding carboxylic acids is 1. The van der Waals surface area contributed by atoms with Gasteiger partial charge >= 0.3 is 6.09 Å². The average molecular weight is 566 g/mol. The summed E-state index contributed by atoms with van der Waals surface area (Å²) < 4.78 is 20.5. The zero-order chi connectivity index (χ0) is 29.7. The molecule has 41 heavy (non-hydrogen) atoms. The molecular formula is C33H48FN5O2. The third-order valence-electron chi connectivity index (χ3n) is 8.59. The zero-order valence-corrected chi connectivity index (χ0v) is 25.9. The molecule has 0 saturated carbocycles. The van der Waals surface area contributed by atoms with Crippen molar-refractivity contribution in [2.24, 2.45) is 5.92 Å². The summed E-state index contributed by atoms with van der Waals surface area (Å²) in [5.41, 5.74) is 6.07. The summed E-state index contributed by atoms with van der Waals surface area (Å²) in [4.78, 5) is 25.8. The Morgan fingerprint density at radius 2 is 1.90 bits per heavy atom. The number of benzene rings is 2. The molecule has 0 fully saturated rings. The highest BCUT2D eigenvalue weighted by Crippen LogP contribution is 2.48. The van der Waals surface area contributed by atoms with Crippen molar-refractivity contribution in [1.29, 1.82) is 0 Å². The first kappa shape index (κ1) is 31.0. The molecule has 8 heteroatoms. The third-order valence-corrected chi connectivity index (χ3v) is 8.59. The number of hydrogen-bond acceptors (Lipinski definition) is 5. The number of H-pyrrole nitrogens is 1. The van der Waals surface area contributed by atoms with Crippen LogP contribution in [0, 0.1) is 25.6 Å². The van der Waals surface area contributed by atoms with Gasteiger partial charge in [-0.25, -0.2) is 14.2 Å². The minimum Gasteiger partial charge on any atom is -0.442 e. The van der Waals surface area contributed by atoms with Gasteiger partial charge in [0.2, 0.25) is 0 Å². The van der Waals surface area contributed by atoms with E-state index < -0.39 is 5.60 Å². The molecule has 0 spiro atoms. The van der Waals surface area contributed by atoms with Crippen LogP contribution < -0.4 is 5.32 Å². The number of fused-ring (bicyclic) bond motifs is 2. The summed E-state index contributed by atoms with van der Waals surface area (Å²) in [7, 11) is 6.09. The van der Waals surface area contributed by atoms with Crippen molar-refractivity contribution in [3.63, 3.8) is 0 Å². The molecule has 1 unspecified atom stereocenters. The van der Waals surface area contributed by atoms with Crippen molar-refractivity contribution < 1.29 is 13.9 Å². The number of nitrogens with one attached hydrogen (secondary N) is 2. The van der Waals surface area contributed by atoms with Crippen molar-refractivity contribution in [2.75, 3.05) is 47.3 Å². The Bertz CT molecular complexity index is 1300. The van der Waals surface area contributed by atoms with Gasteiger partial charge in [-0.2, -0.15) is 0 Å². The van der Waals surface area contributed by atoms with E-state index in [0.717, 1.165) is 60.5 Å². The summed E-state index contributed by atoms with van der Waals surface area (Å²) in [5, 5.41) is 2.95. The number of imidazole rings is 1. The summed E-state index contributed by atoms with van der Waals surface area (Å²) >= 11 is 0. The predicted octanol–water partition coefficient (Wildman–Crippen LogP) is 5.99. The topological polar surface area (TPSA) is 73.5 Å². The van der Waals surface area contributed by atoms with Crippen LogP contribution in [0.2, 0.25) is 0 Å². The number of aromatic amines is 1. The number of rotatable bonds is 12. The minimum absolute atomic E-state index is 0.0122. The van der Waals surface area contributed by atoms with Crippen LogP contribution in [-0.2, 0) is 17.6 Å². The van der Waals surface area contributed by atoms with Crippen LogP contribution in [0.25, 0.3) is 11.0 Å². The van der Waals surface area contributed by atoms with E-state index in [1.54, 1.807) is 6.07 Å². The lowest BCUT2D eigenvalue weighted by Gasteiger charge is -2.47. The number of hydrogen-bond donors (Lipinski definition) is 2. The molecule has 224 valence electrons. The molecule has 1 aromatic heterocycles. The number of halogens is 1. The molecule has 0 saturated heterocycles. The maximum absolute atomic E-state index is 14.1. The molecule has 1 amide bonds. The fraction of sp³-hybridized carbons (Fsp3) is 0.576. The van der Waals surface area contributed by atoms with Gasteiger partial charge in [0.25, 0.3) is 0 Å². The molecule has 3 aromatic rings. The van der Waals surface area contributed by atoms with Crippen molar-refractivity contribution in [3.8, 4) is 0 Å². The smallest absolute Gasteiger partial charge is 0.407 e. The van der Waals surface area contributed by atoms with Gasteiger partial charge in [-0.15, -0.1) is 0 Å². The molecule has 2 atom stereocenters. The van der Waals surface area contributed by atoms with E-state index in [1.807, 2.05) is 25.1 Å². The Hall–Kier alpha value is -2.97. The molecule has 0 aliphatic heterocycles. The quantitative estimate of drug-likeness (QED) is 0.282. The number of carbonyl (C=O) groups is 1. The summed E-state index contributed by atoms with van der Waals surface area (Å²) in [6.07, 6.45) is 3.56. The van der Waals surface area contributed by atoms with Crippen molar-refractivity contribution >= 4 is 17.1 Å². The molecule has 7 nitrogen and oxygen atoms in total. The van der Waals surface area contributed by atoms with Crippen LogP contribution in [0.5, 0.6) is 0 Å². The van der Waals surface area contributed by atoms with E-state index >= 15 is 0 Å². The van der Waals surface area contributed by atoms with E-state index in [4.69, 9.17) is 9.72 Å². The van der Waals surface area contributed by atoms with Gasteiger partial charge in [0.1, 0.15) is 17.2 Å². The SMILES string of the molecule is Cc1ccc(C)c2[nH]c(CCCN(C)CC[C@@]3(OC(=O)NCCN(C)C)CCc4cc(F)ccc4C3C(C)C)nc12. The highest BCUT2D eigenvalue weighted by Gasteiger charge is 2.47. The van der Waals surface area contributed by atoms with Crippen LogP contribution in [0.15, 0.2) is 30.3 Å². The second-order valence-electron chi connectivity index (χ2n) is 12.5. The number of amides is 1. The van der Waals surface area contributed by atoms with Gasteiger partial charge in [0, 0.05) is 38.4 Å². The Morgan fingerprint density at radius 1 is 1.15 bits per heavy atom. The molecule has 0 radical (unpaired) electrons. The normalized spacial score (nSPS) is 18.9. The molecule has 0 bridgehead atoms. The lowest BCUT2D eigenvalue weighted by Crippen LogP contribution is -2.50. The van der Waals surface area contributed by atoms with Gasteiger partial charge in [0.05, 0.1) is 11.0 Å². The number of nitrogens with zero attached hydrogens (tertiary/aromatic N) is 3. The maximum Gasteiger partial charge on any atom is 0.407 e. The van der Waals surface area contributed by atoms with E-state index in [9.17, 15) is 9.18 Å². The number of aryl methyl sites for hydroxylation is 4. The highest BCUT2D eigenvalue weighted by molar-refractivity contribution is 5.81. The lowest BCUT2D eigenvalue weighted by molar-refractivity contribution is -0.0443.